The van der Waals surface area contributed by atoms with Crippen LogP contribution in [0.15, 0.2) is 73.1 Å². The van der Waals surface area contributed by atoms with E-state index in [2.05, 4.69) is 15.3 Å². The lowest BCUT2D eigenvalue weighted by atomic mass is 10.1. The van der Waals surface area contributed by atoms with E-state index in [1.165, 1.54) is 0 Å². The highest BCUT2D eigenvalue weighted by Crippen LogP contribution is 2.18. The monoisotopic (exact) mass is 446 g/mol. The molecule has 0 bridgehead atoms. The highest BCUT2D eigenvalue weighted by Gasteiger charge is 2.28. The molecule has 1 amide bonds. The number of halogens is 2. The van der Waals surface area contributed by atoms with Crippen molar-refractivity contribution in [1.29, 1.82) is 0 Å². The van der Waals surface area contributed by atoms with Crippen molar-refractivity contribution in [1.82, 2.24) is 20.2 Å². The van der Waals surface area contributed by atoms with Crippen molar-refractivity contribution in [2.45, 2.75) is 6.04 Å². The van der Waals surface area contributed by atoms with E-state index in [0.717, 1.165) is 17.8 Å². The average Bonchev–Trinajstić information content (AvgIpc) is 2.79. The van der Waals surface area contributed by atoms with Gasteiger partial charge in [0.05, 0.1) is 17.9 Å². The zero-order valence-corrected chi connectivity index (χ0v) is 17.9. The third-order valence-electron chi connectivity index (χ3n) is 4.73. The van der Waals surface area contributed by atoms with E-state index in [4.69, 9.17) is 4.74 Å². The molecule has 1 aliphatic heterocycles. The van der Waals surface area contributed by atoms with Crippen LogP contribution in [-0.2, 0) is 0 Å². The number of piperazine rings is 1. The first kappa shape index (κ1) is 23.6. The first-order chi connectivity index (χ1) is 13.8. The summed E-state index contributed by atoms with van der Waals surface area (Å²) in [5.74, 6) is 0.628. The number of ether oxygens (including phenoxy) is 1. The highest BCUT2D eigenvalue weighted by molar-refractivity contribution is 5.93. The molecular formula is C22H24Cl2N4O2. The number of hydrogen-bond acceptors (Lipinski definition) is 5. The minimum absolute atomic E-state index is 0. The van der Waals surface area contributed by atoms with Crippen LogP contribution in [0.4, 0.5) is 0 Å². The van der Waals surface area contributed by atoms with Gasteiger partial charge in [0.15, 0.2) is 0 Å². The second-order valence-electron chi connectivity index (χ2n) is 6.63. The van der Waals surface area contributed by atoms with E-state index in [-0.39, 0.29) is 36.8 Å². The van der Waals surface area contributed by atoms with Crippen molar-refractivity contribution in [3.8, 4) is 17.0 Å². The molecule has 0 radical (unpaired) electrons. The molecule has 1 unspecified atom stereocenters. The smallest absolute Gasteiger partial charge is 0.272 e. The van der Waals surface area contributed by atoms with Crippen LogP contribution in [0.1, 0.15) is 10.5 Å². The van der Waals surface area contributed by atoms with Crippen LogP contribution < -0.4 is 10.1 Å². The van der Waals surface area contributed by atoms with E-state index in [9.17, 15) is 4.79 Å². The number of amides is 1. The SMILES string of the molecule is Cl.Cl.O=C(c1cccc(-c2ccccc2)n1)N1CCNCC1COc1cccnc1. The summed E-state index contributed by atoms with van der Waals surface area (Å²) in [6, 6.07) is 19.1. The maximum absolute atomic E-state index is 13.2. The molecule has 1 aromatic carbocycles. The number of nitrogens with zero attached hydrogens (tertiary/aromatic N) is 3. The molecule has 6 nitrogen and oxygen atoms in total. The van der Waals surface area contributed by atoms with Crippen molar-refractivity contribution >= 4 is 30.7 Å². The van der Waals surface area contributed by atoms with Crippen molar-refractivity contribution in [2.24, 2.45) is 0 Å². The molecule has 3 aromatic rings. The van der Waals surface area contributed by atoms with Gasteiger partial charge < -0.3 is 15.0 Å². The summed E-state index contributed by atoms with van der Waals surface area (Å²) in [4.78, 5) is 23.7. The standard InChI is InChI=1S/C22H22N4O2.2ClH/c27-22(21-10-4-9-20(25-21)17-6-2-1-3-7-17)26-13-12-24-14-18(26)16-28-19-8-5-11-23-15-19;;/h1-11,15,18,24H,12-14,16H2;2*1H. The minimum Gasteiger partial charge on any atom is -0.490 e. The summed E-state index contributed by atoms with van der Waals surface area (Å²) in [6.07, 6.45) is 3.38. The Labute approximate surface area is 188 Å². The van der Waals surface area contributed by atoms with Gasteiger partial charge in [0.1, 0.15) is 18.1 Å². The molecule has 1 saturated heterocycles. The fraction of sp³-hybridized carbons (Fsp3) is 0.227. The van der Waals surface area contributed by atoms with Crippen LogP contribution in [0.2, 0.25) is 0 Å². The molecule has 0 saturated carbocycles. The number of nitrogens with one attached hydrogen (secondary N) is 1. The summed E-state index contributed by atoms with van der Waals surface area (Å²) in [5.41, 5.74) is 2.24. The van der Waals surface area contributed by atoms with Crippen LogP contribution in [0.5, 0.6) is 5.75 Å². The summed E-state index contributed by atoms with van der Waals surface area (Å²) < 4.78 is 5.84. The van der Waals surface area contributed by atoms with Crippen molar-refractivity contribution in [2.75, 3.05) is 26.2 Å². The maximum Gasteiger partial charge on any atom is 0.272 e. The number of benzene rings is 1. The number of pyridine rings is 2. The zero-order valence-electron chi connectivity index (χ0n) is 16.3. The number of carbonyl (C=O) groups excluding carboxylic acids is 1. The van der Waals surface area contributed by atoms with Gasteiger partial charge in [0.25, 0.3) is 5.91 Å². The molecule has 2 aromatic heterocycles. The van der Waals surface area contributed by atoms with Crippen LogP contribution >= 0.6 is 24.8 Å². The van der Waals surface area contributed by atoms with E-state index in [1.54, 1.807) is 18.5 Å². The van der Waals surface area contributed by atoms with Crippen LogP contribution in [0.25, 0.3) is 11.3 Å². The van der Waals surface area contributed by atoms with Gasteiger partial charge >= 0.3 is 0 Å². The fourth-order valence-electron chi connectivity index (χ4n) is 3.27. The van der Waals surface area contributed by atoms with Gasteiger partial charge in [-0.15, -0.1) is 24.8 Å². The number of hydrogen-bond donors (Lipinski definition) is 1. The minimum atomic E-state index is -0.0703. The normalized spacial score (nSPS) is 15.5. The van der Waals surface area contributed by atoms with Gasteiger partial charge in [0, 0.05) is 31.4 Å². The van der Waals surface area contributed by atoms with Crippen LogP contribution in [0.3, 0.4) is 0 Å². The van der Waals surface area contributed by atoms with Gasteiger partial charge in [-0.3, -0.25) is 9.78 Å². The lowest BCUT2D eigenvalue weighted by Gasteiger charge is -2.35. The Kier molecular flexibility index (Phi) is 9.05. The Morgan fingerprint density at radius 3 is 2.67 bits per heavy atom. The maximum atomic E-state index is 13.2. The molecule has 1 N–H and O–H groups in total. The number of rotatable bonds is 5. The molecule has 1 atom stereocenters. The van der Waals surface area contributed by atoms with Gasteiger partial charge in [-0.05, 0) is 24.3 Å². The first-order valence-corrected chi connectivity index (χ1v) is 9.38. The highest BCUT2D eigenvalue weighted by atomic mass is 35.5. The topological polar surface area (TPSA) is 67.4 Å². The molecule has 158 valence electrons. The molecule has 1 fully saturated rings. The Morgan fingerprint density at radius 2 is 1.90 bits per heavy atom. The van der Waals surface area contributed by atoms with Crippen molar-refractivity contribution < 1.29 is 9.53 Å². The van der Waals surface area contributed by atoms with E-state index >= 15 is 0 Å². The van der Waals surface area contributed by atoms with Crippen molar-refractivity contribution in [3.63, 3.8) is 0 Å². The van der Waals surface area contributed by atoms with Crippen LogP contribution in [-0.4, -0.2) is 53.1 Å². The van der Waals surface area contributed by atoms with Gasteiger partial charge in [-0.1, -0.05) is 36.4 Å². The Bertz CT molecular complexity index is 929. The molecule has 4 rings (SSSR count). The first-order valence-electron chi connectivity index (χ1n) is 9.38. The Morgan fingerprint density at radius 1 is 1.07 bits per heavy atom. The average molecular weight is 447 g/mol. The largest absolute Gasteiger partial charge is 0.490 e. The fourth-order valence-corrected chi connectivity index (χ4v) is 3.27. The molecular weight excluding hydrogens is 423 g/mol. The molecule has 0 spiro atoms. The van der Waals surface area contributed by atoms with E-state index < -0.39 is 0 Å². The lowest BCUT2D eigenvalue weighted by Crippen LogP contribution is -2.56. The zero-order chi connectivity index (χ0) is 19.2. The predicted molar refractivity (Wildman–Crippen MR) is 122 cm³/mol. The van der Waals surface area contributed by atoms with Gasteiger partial charge in [-0.25, -0.2) is 4.98 Å². The molecule has 3 heterocycles. The van der Waals surface area contributed by atoms with Crippen molar-refractivity contribution in [3.05, 3.63) is 78.8 Å². The van der Waals surface area contributed by atoms with E-state index in [1.807, 2.05) is 59.5 Å². The summed E-state index contributed by atoms with van der Waals surface area (Å²) >= 11 is 0. The molecule has 1 aliphatic rings. The number of aromatic nitrogens is 2. The van der Waals surface area contributed by atoms with Crippen LogP contribution in [0, 0.1) is 0 Å². The summed E-state index contributed by atoms with van der Waals surface area (Å²) in [5, 5.41) is 3.33. The quantitative estimate of drug-likeness (QED) is 0.649. The molecule has 0 aliphatic carbocycles. The third kappa shape index (κ3) is 5.69. The Hall–Kier alpha value is -2.67. The van der Waals surface area contributed by atoms with E-state index in [0.29, 0.717) is 31.1 Å². The summed E-state index contributed by atoms with van der Waals surface area (Å²) in [6.45, 7) is 2.47. The second-order valence-corrected chi connectivity index (χ2v) is 6.63. The predicted octanol–water partition coefficient (Wildman–Crippen LogP) is 3.48. The number of carbonyl (C=O) groups is 1. The van der Waals surface area contributed by atoms with Gasteiger partial charge in [0.2, 0.25) is 0 Å². The third-order valence-corrected chi connectivity index (χ3v) is 4.73. The Balaban J connectivity index is 0.00000160. The molecule has 8 heteroatoms. The molecule has 30 heavy (non-hydrogen) atoms. The lowest BCUT2D eigenvalue weighted by molar-refractivity contribution is 0.0553. The van der Waals surface area contributed by atoms with Gasteiger partial charge in [-0.2, -0.15) is 0 Å². The summed E-state index contributed by atoms with van der Waals surface area (Å²) in [7, 11) is 0. The second kappa shape index (κ2) is 11.5.